The Hall–Kier alpha value is -2.38. The number of nitrogen functional groups attached to an aromatic ring is 1. The molecule has 2 heterocycles. The molecule has 1 amide bonds. The van der Waals surface area contributed by atoms with Crippen molar-refractivity contribution < 1.29 is 14.3 Å². The second-order valence-corrected chi connectivity index (χ2v) is 7.75. The zero-order valence-corrected chi connectivity index (χ0v) is 15.9. The van der Waals surface area contributed by atoms with Crippen LogP contribution >= 0.6 is 11.8 Å². The molecule has 2 aliphatic rings. The number of carbonyl (C=O) groups excluding carboxylic acids is 1. The number of nitrogens with two attached hydrogens (primary N) is 1. The normalized spacial score (nSPS) is 16.5. The third kappa shape index (κ3) is 4.48. The van der Waals surface area contributed by atoms with Crippen molar-refractivity contribution in [3.63, 3.8) is 0 Å². The number of hydrogen-bond donors (Lipinski definition) is 1. The lowest BCUT2D eigenvalue weighted by molar-refractivity contribution is -0.130. The van der Waals surface area contributed by atoms with Crippen molar-refractivity contribution in [2.24, 2.45) is 0 Å². The maximum atomic E-state index is 12.5. The Kier molecular flexibility index (Phi) is 5.40. The number of rotatable bonds is 5. The van der Waals surface area contributed by atoms with E-state index in [1.54, 1.807) is 11.8 Å². The van der Waals surface area contributed by atoms with Gasteiger partial charge in [0.1, 0.15) is 0 Å². The fourth-order valence-electron chi connectivity index (χ4n) is 3.29. The van der Waals surface area contributed by atoms with Crippen LogP contribution in [0.4, 0.5) is 5.69 Å². The van der Waals surface area contributed by atoms with E-state index >= 15 is 0 Å². The van der Waals surface area contributed by atoms with Crippen molar-refractivity contribution in [1.82, 2.24) is 9.80 Å². The van der Waals surface area contributed by atoms with Crippen molar-refractivity contribution >= 4 is 23.4 Å². The Bertz CT molecular complexity index is 822. The van der Waals surface area contributed by atoms with Gasteiger partial charge in [-0.2, -0.15) is 0 Å². The van der Waals surface area contributed by atoms with E-state index in [4.69, 9.17) is 15.2 Å². The highest BCUT2D eigenvalue weighted by Crippen LogP contribution is 2.32. The summed E-state index contributed by atoms with van der Waals surface area (Å²) in [6, 6.07) is 13.7. The number of thioether (sulfide) groups is 1. The van der Waals surface area contributed by atoms with Crippen LogP contribution in [-0.2, 0) is 11.3 Å². The highest BCUT2D eigenvalue weighted by atomic mass is 32.2. The molecule has 2 aromatic rings. The molecule has 0 spiro atoms. The van der Waals surface area contributed by atoms with Crippen molar-refractivity contribution in [3.8, 4) is 11.5 Å². The monoisotopic (exact) mass is 385 g/mol. The van der Waals surface area contributed by atoms with Gasteiger partial charge >= 0.3 is 0 Å². The molecule has 0 aliphatic carbocycles. The second-order valence-electron chi connectivity index (χ2n) is 6.71. The fraction of sp³-hybridized carbons (Fsp3) is 0.350. The smallest absolute Gasteiger partial charge is 0.233 e. The number of anilines is 1. The summed E-state index contributed by atoms with van der Waals surface area (Å²) in [7, 11) is 0. The van der Waals surface area contributed by atoms with Gasteiger partial charge < -0.3 is 20.1 Å². The van der Waals surface area contributed by atoms with Gasteiger partial charge in [-0.1, -0.05) is 12.1 Å². The van der Waals surface area contributed by atoms with Crippen LogP contribution in [0.1, 0.15) is 5.56 Å². The second kappa shape index (κ2) is 8.10. The highest BCUT2D eigenvalue weighted by molar-refractivity contribution is 8.00. The van der Waals surface area contributed by atoms with Gasteiger partial charge in [-0.15, -0.1) is 11.8 Å². The molecule has 0 bridgehead atoms. The Morgan fingerprint density at radius 3 is 2.67 bits per heavy atom. The Morgan fingerprint density at radius 1 is 1.04 bits per heavy atom. The maximum absolute atomic E-state index is 12.5. The predicted octanol–water partition coefficient (Wildman–Crippen LogP) is 2.43. The zero-order valence-electron chi connectivity index (χ0n) is 15.1. The Balaban J connectivity index is 1.24. The van der Waals surface area contributed by atoms with E-state index in [0.717, 1.165) is 54.8 Å². The molecule has 0 unspecified atom stereocenters. The molecule has 0 saturated carbocycles. The first kappa shape index (κ1) is 18.0. The summed E-state index contributed by atoms with van der Waals surface area (Å²) in [6.07, 6.45) is 0. The summed E-state index contributed by atoms with van der Waals surface area (Å²) in [4.78, 5) is 17.8. The number of hydrogen-bond acceptors (Lipinski definition) is 6. The van der Waals surface area contributed by atoms with Crippen molar-refractivity contribution in [2.45, 2.75) is 11.4 Å². The fourth-order valence-corrected chi connectivity index (χ4v) is 4.16. The molecule has 2 N–H and O–H groups in total. The van der Waals surface area contributed by atoms with Crippen molar-refractivity contribution in [2.75, 3.05) is 44.5 Å². The molecular weight excluding hydrogens is 362 g/mol. The number of piperazine rings is 1. The van der Waals surface area contributed by atoms with Crippen molar-refractivity contribution in [3.05, 3.63) is 48.0 Å². The first-order valence-electron chi connectivity index (χ1n) is 9.04. The van der Waals surface area contributed by atoms with E-state index in [2.05, 4.69) is 11.0 Å². The summed E-state index contributed by atoms with van der Waals surface area (Å²) in [5.41, 5.74) is 7.72. The van der Waals surface area contributed by atoms with Crippen LogP contribution in [0.2, 0.25) is 0 Å². The number of ether oxygens (including phenoxy) is 2. The minimum absolute atomic E-state index is 0.185. The third-order valence-corrected chi connectivity index (χ3v) is 5.77. The van der Waals surface area contributed by atoms with Gasteiger partial charge in [0.05, 0.1) is 5.75 Å². The number of fused-ring (bicyclic) bond motifs is 1. The van der Waals surface area contributed by atoms with E-state index in [0.29, 0.717) is 12.5 Å². The SMILES string of the molecule is Nc1cccc(SCC(=O)N2CCN(Cc3ccc4c(c3)OCO4)CC2)c1. The summed E-state index contributed by atoms with van der Waals surface area (Å²) in [6.45, 7) is 4.44. The van der Waals surface area contributed by atoms with Gasteiger partial charge in [-0.3, -0.25) is 9.69 Å². The maximum Gasteiger partial charge on any atom is 0.233 e. The quantitative estimate of drug-likeness (QED) is 0.630. The number of nitrogens with zero attached hydrogens (tertiary/aromatic N) is 2. The summed E-state index contributed by atoms with van der Waals surface area (Å²) >= 11 is 1.54. The molecule has 4 rings (SSSR count). The molecule has 1 saturated heterocycles. The van der Waals surface area contributed by atoms with Crippen LogP contribution in [0.3, 0.4) is 0 Å². The van der Waals surface area contributed by atoms with E-state index in [1.807, 2.05) is 41.3 Å². The summed E-state index contributed by atoms with van der Waals surface area (Å²) < 4.78 is 10.8. The minimum Gasteiger partial charge on any atom is -0.454 e. The van der Waals surface area contributed by atoms with Crippen LogP contribution in [0.25, 0.3) is 0 Å². The topological polar surface area (TPSA) is 68.0 Å². The van der Waals surface area contributed by atoms with E-state index in [9.17, 15) is 4.79 Å². The molecule has 6 nitrogen and oxygen atoms in total. The third-order valence-electron chi connectivity index (χ3n) is 4.79. The molecule has 1 fully saturated rings. The standard InChI is InChI=1S/C20H23N3O3S/c21-16-2-1-3-17(11-16)27-13-20(24)23-8-6-22(7-9-23)12-15-4-5-18-19(10-15)26-14-25-18/h1-5,10-11H,6-9,12-14,21H2. The van der Waals surface area contributed by atoms with Gasteiger partial charge in [0.15, 0.2) is 11.5 Å². The molecule has 0 radical (unpaired) electrons. The van der Waals surface area contributed by atoms with Crippen LogP contribution in [0, 0.1) is 0 Å². The van der Waals surface area contributed by atoms with E-state index < -0.39 is 0 Å². The highest BCUT2D eigenvalue weighted by Gasteiger charge is 2.22. The zero-order chi connectivity index (χ0) is 18.6. The summed E-state index contributed by atoms with van der Waals surface area (Å²) in [5, 5.41) is 0. The Labute approximate surface area is 163 Å². The molecular formula is C20H23N3O3S. The lowest BCUT2D eigenvalue weighted by atomic mass is 10.1. The number of benzene rings is 2. The van der Waals surface area contributed by atoms with Gasteiger partial charge in [0.2, 0.25) is 12.7 Å². The first-order chi connectivity index (χ1) is 13.2. The lowest BCUT2D eigenvalue weighted by Crippen LogP contribution is -2.48. The van der Waals surface area contributed by atoms with E-state index in [-0.39, 0.29) is 5.91 Å². The average Bonchev–Trinajstić information content (AvgIpc) is 3.15. The molecule has 0 atom stereocenters. The van der Waals surface area contributed by atoms with Crippen LogP contribution in [0.15, 0.2) is 47.4 Å². The van der Waals surface area contributed by atoms with Crippen LogP contribution in [-0.4, -0.2) is 54.4 Å². The molecule has 2 aliphatic heterocycles. The van der Waals surface area contributed by atoms with Crippen LogP contribution in [0.5, 0.6) is 11.5 Å². The largest absolute Gasteiger partial charge is 0.454 e. The number of amides is 1. The van der Waals surface area contributed by atoms with Gasteiger partial charge in [0.25, 0.3) is 0 Å². The molecule has 7 heteroatoms. The summed E-state index contributed by atoms with van der Waals surface area (Å²) in [5.74, 6) is 2.27. The van der Waals surface area contributed by atoms with E-state index in [1.165, 1.54) is 5.56 Å². The molecule has 27 heavy (non-hydrogen) atoms. The van der Waals surface area contributed by atoms with Crippen molar-refractivity contribution in [1.29, 1.82) is 0 Å². The predicted molar refractivity (Wildman–Crippen MR) is 106 cm³/mol. The average molecular weight is 385 g/mol. The molecule has 0 aromatic heterocycles. The van der Waals surface area contributed by atoms with Gasteiger partial charge in [-0.25, -0.2) is 0 Å². The number of carbonyl (C=O) groups is 1. The molecule has 2 aromatic carbocycles. The Morgan fingerprint density at radius 2 is 1.85 bits per heavy atom. The minimum atomic E-state index is 0.185. The van der Waals surface area contributed by atoms with Gasteiger partial charge in [-0.05, 0) is 35.9 Å². The van der Waals surface area contributed by atoms with Crippen LogP contribution < -0.4 is 15.2 Å². The molecule has 142 valence electrons. The first-order valence-corrected chi connectivity index (χ1v) is 10.0. The van der Waals surface area contributed by atoms with Gasteiger partial charge in [0, 0.05) is 43.3 Å². The lowest BCUT2D eigenvalue weighted by Gasteiger charge is -2.34.